The van der Waals surface area contributed by atoms with Crippen LogP contribution in [0.4, 0.5) is 0 Å². The van der Waals surface area contributed by atoms with Crippen LogP contribution in [0.15, 0.2) is 12.1 Å². The third kappa shape index (κ3) is 2.38. The Hall–Kier alpha value is -0.760. The molecule has 0 saturated carbocycles. The topological polar surface area (TPSA) is 57.9 Å². The Morgan fingerprint density at radius 1 is 1.36 bits per heavy atom. The summed E-state index contributed by atoms with van der Waals surface area (Å²) in [5.41, 5.74) is 0.506. The summed E-state index contributed by atoms with van der Waals surface area (Å²) in [4.78, 5) is 0. The molecule has 0 aromatic heterocycles. The number of hydrogen-bond donors (Lipinski definition) is 1. The van der Waals surface area contributed by atoms with E-state index in [1.54, 1.807) is 0 Å². The van der Waals surface area contributed by atoms with Gasteiger partial charge >= 0.3 is 0 Å². The summed E-state index contributed by atoms with van der Waals surface area (Å²) in [6.07, 6.45) is 0. The zero-order chi connectivity index (χ0) is 10.7. The Kier molecular flexibility index (Phi) is 3.76. The number of nitriles is 1. The average Bonchev–Trinajstić information content (AvgIpc) is 2.10. The normalized spacial score (nSPS) is 10.1. The molecule has 0 saturated heterocycles. The molecule has 0 radical (unpaired) electrons. The summed E-state index contributed by atoms with van der Waals surface area (Å²) < 4.78 is 20.9. The van der Waals surface area contributed by atoms with E-state index in [0.29, 0.717) is 5.56 Å². The fraction of sp³-hybridized carbons (Fsp3) is 0.125. The van der Waals surface area contributed by atoms with Gasteiger partial charge in [0.2, 0.25) is 0 Å². The molecule has 0 heterocycles. The molecule has 1 aromatic carbocycles. The van der Waals surface area contributed by atoms with Crippen molar-refractivity contribution in [3.05, 3.63) is 33.3 Å². The molecule has 74 valence electrons. The Morgan fingerprint density at radius 3 is 2.50 bits per heavy atom. The number of rotatable bonds is 2. The van der Waals surface area contributed by atoms with E-state index in [4.69, 9.17) is 28.5 Å². The lowest BCUT2D eigenvalue weighted by Gasteiger charge is -2.02. The van der Waals surface area contributed by atoms with Crippen LogP contribution in [-0.2, 0) is 16.5 Å². The molecule has 0 atom stereocenters. The van der Waals surface area contributed by atoms with Crippen LogP contribution in [0, 0.1) is 11.3 Å². The Bertz CT molecular complexity index is 469. The lowest BCUT2D eigenvalue weighted by molar-refractivity contribution is 0.614. The van der Waals surface area contributed by atoms with Crippen molar-refractivity contribution in [3.63, 3.8) is 0 Å². The molecule has 6 heteroatoms. The van der Waals surface area contributed by atoms with E-state index in [1.165, 1.54) is 12.1 Å². The monoisotopic (exact) mass is 249 g/mol. The highest BCUT2D eigenvalue weighted by Crippen LogP contribution is 2.27. The van der Waals surface area contributed by atoms with E-state index in [0.717, 1.165) is 0 Å². The van der Waals surface area contributed by atoms with Crippen molar-refractivity contribution in [2.24, 2.45) is 0 Å². The van der Waals surface area contributed by atoms with Crippen molar-refractivity contribution in [3.8, 4) is 6.07 Å². The van der Waals surface area contributed by atoms with Crippen LogP contribution in [0.3, 0.4) is 0 Å². The number of nitrogens with zero attached hydrogens (tertiary/aromatic N) is 1. The SMILES string of the molecule is N#Cc1c(Cl)ccc(C[SH](=O)=O)c1Cl. The number of benzene rings is 1. The van der Waals surface area contributed by atoms with E-state index in [2.05, 4.69) is 0 Å². The highest BCUT2D eigenvalue weighted by atomic mass is 35.5. The van der Waals surface area contributed by atoms with E-state index >= 15 is 0 Å². The molecular weight excluding hydrogens is 245 g/mol. The highest BCUT2D eigenvalue weighted by Gasteiger charge is 2.10. The first kappa shape index (κ1) is 11.3. The van der Waals surface area contributed by atoms with E-state index in [-0.39, 0.29) is 21.4 Å². The van der Waals surface area contributed by atoms with Crippen molar-refractivity contribution in [2.75, 3.05) is 0 Å². The van der Waals surface area contributed by atoms with Gasteiger partial charge in [-0.05, 0) is 11.6 Å². The Labute approximate surface area is 92.8 Å². The third-order valence-electron chi connectivity index (χ3n) is 1.58. The standard InChI is InChI=1S/C8H5Cl2NO2S/c9-7-2-1-5(4-14(12)13)8(10)6(7)3-11/h1-2,14H,4H2. The molecule has 3 nitrogen and oxygen atoms in total. The van der Waals surface area contributed by atoms with Crippen LogP contribution in [0.2, 0.25) is 10.0 Å². The smallest absolute Gasteiger partial charge is 0.144 e. The predicted molar refractivity (Wildman–Crippen MR) is 55.2 cm³/mol. The van der Waals surface area contributed by atoms with Crippen molar-refractivity contribution in [1.82, 2.24) is 0 Å². The van der Waals surface area contributed by atoms with Crippen molar-refractivity contribution >= 4 is 33.9 Å². The van der Waals surface area contributed by atoms with Gasteiger partial charge in [-0.25, -0.2) is 8.42 Å². The lowest BCUT2D eigenvalue weighted by atomic mass is 10.1. The molecule has 14 heavy (non-hydrogen) atoms. The van der Waals surface area contributed by atoms with Crippen LogP contribution in [-0.4, -0.2) is 8.42 Å². The van der Waals surface area contributed by atoms with Gasteiger partial charge < -0.3 is 0 Å². The maximum Gasteiger partial charge on any atom is 0.144 e. The molecule has 0 amide bonds. The van der Waals surface area contributed by atoms with Gasteiger partial charge in [0.05, 0.1) is 21.4 Å². The summed E-state index contributed by atoms with van der Waals surface area (Å²) in [5.74, 6) is -0.181. The highest BCUT2D eigenvalue weighted by molar-refractivity contribution is 7.71. The molecule has 0 N–H and O–H groups in total. The predicted octanol–water partition coefficient (Wildman–Crippen LogP) is 1.98. The molecular formula is C8H5Cl2NO2S. The van der Waals surface area contributed by atoms with Crippen molar-refractivity contribution < 1.29 is 8.42 Å². The summed E-state index contributed by atoms with van der Waals surface area (Å²) in [6, 6.07) is 4.77. The molecule has 0 aliphatic heterocycles. The number of thiol groups is 1. The van der Waals surface area contributed by atoms with Gasteiger partial charge in [0.1, 0.15) is 16.8 Å². The van der Waals surface area contributed by atoms with Crippen LogP contribution < -0.4 is 0 Å². The number of halogens is 2. The fourth-order valence-electron chi connectivity index (χ4n) is 0.959. The van der Waals surface area contributed by atoms with E-state index in [9.17, 15) is 8.42 Å². The van der Waals surface area contributed by atoms with Gasteiger partial charge in [0.25, 0.3) is 0 Å². The zero-order valence-corrected chi connectivity index (χ0v) is 9.23. The molecule has 0 unspecified atom stereocenters. The second kappa shape index (κ2) is 4.65. The molecule has 0 aliphatic carbocycles. The molecule has 0 fully saturated rings. The molecule has 1 aromatic rings. The molecule has 0 bridgehead atoms. The lowest BCUT2D eigenvalue weighted by Crippen LogP contribution is -1.91. The summed E-state index contributed by atoms with van der Waals surface area (Å²) >= 11 is 11.5. The van der Waals surface area contributed by atoms with E-state index in [1.807, 2.05) is 6.07 Å². The summed E-state index contributed by atoms with van der Waals surface area (Å²) in [5, 5.41) is 9.02. The largest absolute Gasteiger partial charge is 0.232 e. The minimum absolute atomic E-state index is 0.110. The second-order valence-electron chi connectivity index (χ2n) is 2.50. The fourth-order valence-corrected chi connectivity index (χ4v) is 2.12. The van der Waals surface area contributed by atoms with Gasteiger partial charge in [-0.3, -0.25) is 0 Å². The maximum atomic E-state index is 10.5. The van der Waals surface area contributed by atoms with Gasteiger partial charge in [0.15, 0.2) is 0 Å². The van der Waals surface area contributed by atoms with Gasteiger partial charge in [-0.2, -0.15) is 5.26 Å². The Balaban J connectivity index is 3.29. The minimum atomic E-state index is -2.56. The first-order valence-electron chi connectivity index (χ1n) is 3.55. The first-order chi connectivity index (χ1) is 6.56. The average molecular weight is 250 g/mol. The molecule has 1 rings (SSSR count). The van der Waals surface area contributed by atoms with Crippen molar-refractivity contribution in [2.45, 2.75) is 5.75 Å². The van der Waals surface area contributed by atoms with Gasteiger partial charge in [-0.1, -0.05) is 29.3 Å². The second-order valence-corrected chi connectivity index (χ2v) is 4.27. The van der Waals surface area contributed by atoms with Gasteiger partial charge in [0, 0.05) is 0 Å². The first-order valence-corrected chi connectivity index (χ1v) is 5.67. The maximum absolute atomic E-state index is 10.5. The van der Waals surface area contributed by atoms with Crippen molar-refractivity contribution in [1.29, 1.82) is 5.26 Å². The van der Waals surface area contributed by atoms with Crippen LogP contribution in [0.5, 0.6) is 0 Å². The number of hydrogen-bond acceptors (Lipinski definition) is 3. The molecule has 0 aliphatic rings. The van der Waals surface area contributed by atoms with Crippen LogP contribution in [0.25, 0.3) is 0 Å². The summed E-state index contributed by atoms with van der Waals surface area (Å²) in [6.45, 7) is 0. The quantitative estimate of drug-likeness (QED) is 0.816. The minimum Gasteiger partial charge on any atom is -0.232 e. The Morgan fingerprint density at radius 2 is 2.00 bits per heavy atom. The third-order valence-corrected chi connectivity index (χ3v) is 2.93. The van der Waals surface area contributed by atoms with Crippen LogP contribution >= 0.6 is 23.2 Å². The van der Waals surface area contributed by atoms with E-state index < -0.39 is 10.7 Å². The van der Waals surface area contributed by atoms with Gasteiger partial charge in [-0.15, -0.1) is 0 Å². The summed E-state index contributed by atoms with van der Waals surface area (Å²) in [7, 11) is -2.56. The van der Waals surface area contributed by atoms with Crippen LogP contribution in [0.1, 0.15) is 11.1 Å². The zero-order valence-electron chi connectivity index (χ0n) is 6.83. The molecule has 0 spiro atoms.